The molecule has 1 amide bonds. The smallest absolute Gasteiger partial charge is 0.261 e. The first-order chi connectivity index (χ1) is 9.99. The zero-order valence-corrected chi connectivity index (χ0v) is 11.4. The highest BCUT2D eigenvalue weighted by Gasteiger charge is 2.32. The predicted molar refractivity (Wildman–Crippen MR) is 77.2 cm³/mol. The van der Waals surface area contributed by atoms with E-state index >= 15 is 0 Å². The van der Waals surface area contributed by atoms with Crippen LogP contribution in [-0.4, -0.2) is 11.9 Å². The zero-order valence-electron chi connectivity index (χ0n) is 11.4. The summed E-state index contributed by atoms with van der Waals surface area (Å²) >= 11 is 0. The van der Waals surface area contributed by atoms with Gasteiger partial charge in [0.15, 0.2) is 0 Å². The van der Waals surface area contributed by atoms with Gasteiger partial charge >= 0.3 is 0 Å². The van der Waals surface area contributed by atoms with Gasteiger partial charge in [-0.15, -0.1) is 0 Å². The molecule has 1 aliphatic rings. The summed E-state index contributed by atoms with van der Waals surface area (Å²) < 4.78 is 27.1. The second kappa shape index (κ2) is 4.84. The van der Waals surface area contributed by atoms with Gasteiger partial charge in [-0.1, -0.05) is 18.2 Å². The second-order valence-corrected chi connectivity index (χ2v) is 5.21. The molecule has 3 rings (SSSR count). The molecule has 2 aromatic rings. The fourth-order valence-electron chi connectivity index (χ4n) is 2.73. The minimum Gasteiger partial charge on any atom is -0.396 e. The van der Waals surface area contributed by atoms with Crippen LogP contribution in [0.25, 0.3) is 0 Å². The monoisotopic (exact) mass is 288 g/mol. The lowest BCUT2D eigenvalue weighted by Gasteiger charge is -2.23. The SMILES string of the molecule is CC1Cc2ccccc2N1C(=O)c1cc(N)c(F)cc1F. The number of nitrogens with zero attached hydrogens (tertiary/aromatic N) is 1. The summed E-state index contributed by atoms with van der Waals surface area (Å²) in [7, 11) is 0. The lowest BCUT2D eigenvalue weighted by Crippen LogP contribution is -2.36. The molecule has 0 saturated heterocycles. The van der Waals surface area contributed by atoms with E-state index in [9.17, 15) is 13.6 Å². The maximum Gasteiger partial charge on any atom is 0.261 e. The van der Waals surface area contributed by atoms with E-state index in [1.54, 1.807) is 0 Å². The van der Waals surface area contributed by atoms with Crippen molar-refractivity contribution >= 4 is 17.3 Å². The maximum atomic E-state index is 13.9. The lowest BCUT2D eigenvalue weighted by molar-refractivity contribution is 0.0977. The Morgan fingerprint density at radius 1 is 1.24 bits per heavy atom. The summed E-state index contributed by atoms with van der Waals surface area (Å²) in [5, 5.41) is 0. The molecule has 0 fully saturated rings. The molecule has 1 heterocycles. The van der Waals surface area contributed by atoms with Crippen LogP contribution in [0.5, 0.6) is 0 Å². The van der Waals surface area contributed by atoms with Crippen LogP contribution in [0.1, 0.15) is 22.8 Å². The van der Waals surface area contributed by atoms with Crippen LogP contribution >= 0.6 is 0 Å². The van der Waals surface area contributed by atoms with E-state index in [4.69, 9.17) is 5.73 Å². The van der Waals surface area contributed by atoms with E-state index in [0.29, 0.717) is 12.5 Å². The highest BCUT2D eigenvalue weighted by atomic mass is 19.1. The van der Waals surface area contributed by atoms with Crippen molar-refractivity contribution in [1.82, 2.24) is 0 Å². The second-order valence-electron chi connectivity index (χ2n) is 5.21. The average molecular weight is 288 g/mol. The molecule has 1 atom stereocenters. The fourth-order valence-corrected chi connectivity index (χ4v) is 2.73. The van der Waals surface area contributed by atoms with Crippen LogP contribution in [-0.2, 0) is 6.42 Å². The first-order valence-electron chi connectivity index (χ1n) is 6.65. The topological polar surface area (TPSA) is 46.3 Å². The van der Waals surface area contributed by atoms with Gasteiger partial charge in [-0.2, -0.15) is 0 Å². The van der Waals surface area contributed by atoms with Gasteiger partial charge in [0.2, 0.25) is 0 Å². The van der Waals surface area contributed by atoms with Gasteiger partial charge in [-0.05, 0) is 31.0 Å². The number of hydrogen-bond donors (Lipinski definition) is 1. The molecule has 1 unspecified atom stereocenters. The third kappa shape index (κ3) is 2.14. The molecular weight excluding hydrogens is 274 g/mol. The summed E-state index contributed by atoms with van der Waals surface area (Å²) in [5.74, 6) is -2.26. The average Bonchev–Trinajstić information content (AvgIpc) is 2.78. The van der Waals surface area contributed by atoms with Crippen LogP contribution in [0.15, 0.2) is 36.4 Å². The molecule has 0 aliphatic carbocycles. The van der Waals surface area contributed by atoms with Crippen molar-refractivity contribution in [3.8, 4) is 0 Å². The standard InChI is InChI=1S/C16H14F2N2O/c1-9-6-10-4-2-3-5-15(10)20(9)16(21)11-7-14(19)13(18)8-12(11)17/h2-5,7-9H,6,19H2,1H3. The Kier molecular flexibility index (Phi) is 3.12. The summed E-state index contributed by atoms with van der Waals surface area (Å²) in [6.07, 6.45) is 0.709. The molecule has 0 saturated carbocycles. The number of nitrogens with two attached hydrogens (primary N) is 1. The Balaban J connectivity index is 2.05. The number of para-hydroxylation sites is 1. The number of carbonyl (C=O) groups excluding carboxylic acids is 1. The predicted octanol–water partition coefficient (Wildman–Crippen LogP) is 3.14. The molecule has 0 spiro atoms. The summed E-state index contributed by atoms with van der Waals surface area (Å²) in [5.41, 5.74) is 6.79. The number of fused-ring (bicyclic) bond motifs is 1. The maximum absolute atomic E-state index is 13.9. The molecule has 0 aromatic heterocycles. The minimum absolute atomic E-state index is 0.0828. The van der Waals surface area contributed by atoms with Crippen LogP contribution in [0.4, 0.5) is 20.2 Å². The Morgan fingerprint density at radius 3 is 2.71 bits per heavy atom. The van der Waals surface area contributed by atoms with Crippen molar-refractivity contribution in [2.24, 2.45) is 0 Å². The molecule has 2 aromatic carbocycles. The number of hydrogen-bond acceptors (Lipinski definition) is 2. The van der Waals surface area contributed by atoms with Gasteiger partial charge in [0.05, 0.1) is 11.3 Å². The first-order valence-corrected chi connectivity index (χ1v) is 6.65. The van der Waals surface area contributed by atoms with Gasteiger partial charge in [-0.25, -0.2) is 8.78 Å². The normalized spacial score (nSPS) is 16.9. The van der Waals surface area contributed by atoms with E-state index in [1.165, 1.54) is 4.90 Å². The molecule has 0 bridgehead atoms. The molecule has 5 heteroatoms. The van der Waals surface area contributed by atoms with Crippen LogP contribution < -0.4 is 10.6 Å². The Labute approximate surface area is 121 Å². The summed E-state index contributed by atoms with van der Waals surface area (Å²) in [6, 6.07) is 9.11. The number of amides is 1. The number of halogens is 2. The Hall–Kier alpha value is -2.43. The largest absolute Gasteiger partial charge is 0.396 e. The number of anilines is 2. The molecule has 108 valence electrons. The van der Waals surface area contributed by atoms with Crippen molar-refractivity contribution in [2.75, 3.05) is 10.6 Å². The summed E-state index contributed by atoms with van der Waals surface area (Å²) in [6.45, 7) is 1.89. The van der Waals surface area contributed by atoms with Crippen LogP contribution in [0.2, 0.25) is 0 Å². The quantitative estimate of drug-likeness (QED) is 0.819. The molecule has 3 nitrogen and oxygen atoms in total. The van der Waals surface area contributed by atoms with Gasteiger partial charge < -0.3 is 10.6 Å². The highest BCUT2D eigenvalue weighted by molar-refractivity contribution is 6.08. The van der Waals surface area contributed by atoms with E-state index in [2.05, 4.69) is 0 Å². The molecule has 21 heavy (non-hydrogen) atoms. The van der Waals surface area contributed by atoms with Gasteiger partial charge in [-0.3, -0.25) is 4.79 Å². The van der Waals surface area contributed by atoms with Crippen LogP contribution in [0.3, 0.4) is 0 Å². The van der Waals surface area contributed by atoms with E-state index in [-0.39, 0.29) is 17.3 Å². The summed E-state index contributed by atoms with van der Waals surface area (Å²) in [4.78, 5) is 14.1. The zero-order chi connectivity index (χ0) is 15.1. The minimum atomic E-state index is -0.900. The first kappa shape index (κ1) is 13.5. The van der Waals surface area contributed by atoms with Gasteiger partial charge in [0.1, 0.15) is 11.6 Å². The molecular formula is C16H14F2N2O. The number of carbonyl (C=O) groups is 1. The van der Waals surface area contributed by atoms with Gasteiger partial charge in [0.25, 0.3) is 5.91 Å². The van der Waals surface area contributed by atoms with Crippen LogP contribution in [0, 0.1) is 11.6 Å². The number of rotatable bonds is 1. The Morgan fingerprint density at radius 2 is 1.95 bits per heavy atom. The molecule has 2 N–H and O–H groups in total. The van der Waals surface area contributed by atoms with E-state index in [1.807, 2.05) is 31.2 Å². The van der Waals surface area contributed by atoms with Crippen molar-refractivity contribution in [2.45, 2.75) is 19.4 Å². The third-order valence-electron chi connectivity index (χ3n) is 3.74. The van der Waals surface area contributed by atoms with Crippen molar-refractivity contribution < 1.29 is 13.6 Å². The lowest BCUT2D eigenvalue weighted by atomic mass is 10.1. The van der Waals surface area contributed by atoms with E-state index in [0.717, 1.165) is 17.3 Å². The molecule has 0 radical (unpaired) electrons. The van der Waals surface area contributed by atoms with Crippen molar-refractivity contribution in [1.29, 1.82) is 0 Å². The third-order valence-corrected chi connectivity index (χ3v) is 3.74. The molecule has 1 aliphatic heterocycles. The number of nitrogen functional groups attached to an aromatic ring is 1. The Bertz CT molecular complexity index is 730. The highest BCUT2D eigenvalue weighted by Crippen LogP contribution is 2.33. The van der Waals surface area contributed by atoms with Crippen molar-refractivity contribution in [3.63, 3.8) is 0 Å². The van der Waals surface area contributed by atoms with Crippen molar-refractivity contribution in [3.05, 3.63) is 59.2 Å². The fraction of sp³-hybridized carbons (Fsp3) is 0.188. The number of benzene rings is 2. The van der Waals surface area contributed by atoms with Gasteiger partial charge in [0, 0.05) is 17.8 Å². The van der Waals surface area contributed by atoms with E-state index < -0.39 is 17.5 Å².